The maximum atomic E-state index is 11.9. The first-order valence-electron chi connectivity index (χ1n) is 10.7. The van der Waals surface area contributed by atoms with Crippen LogP contribution in [0.15, 0.2) is 36.4 Å². The third kappa shape index (κ3) is 6.79. The molecule has 4 nitrogen and oxygen atoms in total. The van der Waals surface area contributed by atoms with Crippen LogP contribution in [0.3, 0.4) is 0 Å². The highest BCUT2D eigenvalue weighted by Crippen LogP contribution is 2.35. The van der Waals surface area contributed by atoms with Crippen molar-refractivity contribution in [3.05, 3.63) is 58.7 Å². The normalized spacial score (nSPS) is 13.6. The molecule has 0 aliphatic heterocycles. The lowest BCUT2D eigenvalue weighted by Crippen LogP contribution is -2.27. The number of rotatable bonds is 8. The first kappa shape index (κ1) is 23.8. The lowest BCUT2D eigenvalue weighted by molar-refractivity contribution is -0.157. The zero-order valence-electron chi connectivity index (χ0n) is 19.4. The van der Waals surface area contributed by atoms with Gasteiger partial charge in [0.2, 0.25) is 0 Å². The molecule has 0 spiro atoms. The second-order valence-corrected chi connectivity index (χ2v) is 9.19. The van der Waals surface area contributed by atoms with E-state index in [0.717, 1.165) is 24.0 Å². The van der Waals surface area contributed by atoms with Crippen LogP contribution in [0.5, 0.6) is 11.5 Å². The van der Waals surface area contributed by atoms with Crippen molar-refractivity contribution in [3.8, 4) is 11.5 Å². The molecule has 0 saturated heterocycles. The first-order valence-corrected chi connectivity index (χ1v) is 10.7. The molecule has 0 heterocycles. The Morgan fingerprint density at radius 3 is 2.23 bits per heavy atom. The summed E-state index contributed by atoms with van der Waals surface area (Å²) in [5, 5.41) is 9.81. The number of phenolic OH excluding ortho intramolecular Hbond substituents is 1. The van der Waals surface area contributed by atoms with Crippen LogP contribution in [0.25, 0.3) is 0 Å². The number of carbonyl (C=O) groups is 1. The van der Waals surface area contributed by atoms with Crippen molar-refractivity contribution in [2.45, 2.75) is 78.7 Å². The van der Waals surface area contributed by atoms with Crippen LogP contribution in [0.2, 0.25) is 0 Å². The molecule has 0 aliphatic rings. The van der Waals surface area contributed by atoms with Gasteiger partial charge in [0, 0.05) is 0 Å². The van der Waals surface area contributed by atoms with Gasteiger partial charge in [0.1, 0.15) is 17.1 Å². The molecule has 0 saturated carbocycles. The van der Waals surface area contributed by atoms with E-state index in [9.17, 15) is 9.90 Å². The minimum Gasteiger partial charge on any atom is -0.508 e. The molecule has 30 heavy (non-hydrogen) atoms. The number of hydrogen-bond acceptors (Lipinski definition) is 4. The van der Waals surface area contributed by atoms with E-state index in [2.05, 4.69) is 32.0 Å². The molecule has 1 N–H and O–H groups in total. The fourth-order valence-electron chi connectivity index (χ4n) is 3.68. The summed E-state index contributed by atoms with van der Waals surface area (Å²) in [6.45, 7) is 13.8. The Hall–Kier alpha value is -2.49. The summed E-state index contributed by atoms with van der Waals surface area (Å²) in [4.78, 5) is 11.9. The number of phenols is 1. The Morgan fingerprint density at radius 1 is 1.03 bits per heavy atom. The van der Waals surface area contributed by atoms with Gasteiger partial charge >= 0.3 is 5.97 Å². The average molecular weight is 413 g/mol. The Bertz CT molecular complexity index is 864. The maximum Gasteiger partial charge on any atom is 0.344 e. The molecule has 0 fully saturated rings. The molecule has 2 rings (SSSR count). The standard InChI is InChI=1S/C26H36O4/c1-8-20(22-9-11-23(27)18(3)14-22)13-17(2)21-10-12-24(19(4)15-21)29-16-25(28)30-26(5,6)7/h9-12,14-15,17,20,27H,8,13,16H2,1-7H3. The molecule has 2 atom stereocenters. The molecule has 164 valence electrons. The lowest BCUT2D eigenvalue weighted by Gasteiger charge is -2.22. The highest BCUT2D eigenvalue weighted by atomic mass is 16.6. The van der Waals surface area contributed by atoms with Gasteiger partial charge in [-0.2, -0.15) is 0 Å². The molecular weight excluding hydrogens is 376 g/mol. The Morgan fingerprint density at radius 2 is 1.67 bits per heavy atom. The minimum atomic E-state index is -0.513. The molecule has 0 bridgehead atoms. The topological polar surface area (TPSA) is 55.8 Å². The summed E-state index contributed by atoms with van der Waals surface area (Å²) in [6.07, 6.45) is 2.07. The van der Waals surface area contributed by atoms with E-state index < -0.39 is 5.60 Å². The van der Waals surface area contributed by atoms with Crippen LogP contribution in [-0.2, 0) is 9.53 Å². The highest BCUT2D eigenvalue weighted by Gasteiger charge is 2.19. The molecule has 4 heteroatoms. The number of ether oxygens (including phenoxy) is 2. The summed E-state index contributed by atoms with van der Waals surface area (Å²) in [7, 11) is 0. The zero-order valence-corrected chi connectivity index (χ0v) is 19.4. The van der Waals surface area contributed by atoms with E-state index in [0.29, 0.717) is 23.3 Å². The van der Waals surface area contributed by atoms with E-state index in [-0.39, 0.29) is 12.6 Å². The second-order valence-electron chi connectivity index (χ2n) is 9.19. The van der Waals surface area contributed by atoms with Crippen LogP contribution in [0.1, 0.15) is 81.5 Å². The maximum absolute atomic E-state index is 11.9. The second kappa shape index (κ2) is 10.0. The van der Waals surface area contributed by atoms with Gasteiger partial charge in [-0.15, -0.1) is 0 Å². The van der Waals surface area contributed by atoms with Crippen molar-refractivity contribution < 1.29 is 19.4 Å². The quantitative estimate of drug-likeness (QED) is 0.509. The summed E-state index contributed by atoms with van der Waals surface area (Å²) in [6, 6.07) is 12.1. The van der Waals surface area contributed by atoms with E-state index in [1.165, 1.54) is 11.1 Å². The molecule has 2 unspecified atom stereocenters. The van der Waals surface area contributed by atoms with Crippen molar-refractivity contribution >= 4 is 5.97 Å². The fraction of sp³-hybridized carbons (Fsp3) is 0.500. The summed E-state index contributed by atoms with van der Waals surface area (Å²) in [5.41, 5.74) is 3.94. The summed E-state index contributed by atoms with van der Waals surface area (Å²) >= 11 is 0. The number of aryl methyl sites for hydroxylation is 2. The highest BCUT2D eigenvalue weighted by molar-refractivity contribution is 5.71. The lowest BCUT2D eigenvalue weighted by atomic mass is 9.84. The van der Waals surface area contributed by atoms with Gasteiger partial charge in [-0.25, -0.2) is 4.79 Å². The molecule has 2 aromatic carbocycles. The molecule has 0 aromatic heterocycles. The summed E-state index contributed by atoms with van der Waals surface area (Å²) < 4.78 is 11.0. The van der Waals surface area contributed by atoms with E-state index in [4.69, 9.17) is 9.47 Å². The van der Waals surface area contributed by atoms with Crippen molar-refractivity contribution in [3.63, 3.8) is 0 Å². The largest absolute Gasteiger partial charge is 0.508 e. The number of aromatic hydroxyl groups is 1. The third-order valence-corrected chi connectivity index (χ3v) is 5.36. The number of hydrogen-bond donors (Lipinski definition) is 1. The fourth-order valence-corrected chi connectivity index (χ4v) is 3.68. The monoisotopic (exact) mass is 412 g/mol. The zero-order chi connectivity index (χ0) is 22.5. The van der Waals surface area contributed by atoms with Crippen molar-refractivity contribution in [2.24, 2.45) is 0 Å². The molecule has 2 aromatic rings. The Labute approximate surface area is 181 Å². The number of benzene rings is 2. The van der Waals surface area contributed by atoms with Gasteiger partial charge < -0.3 is 14.6 Å². The van der Waals surface area contributed by atoms with Crippen molar-refractivity contribution in [2.75, 3.05) is 6.61 Å². The van der Waals surface area contributed by atoms with Gasteiger partial charge in [0.05, 0.1) is 0 Å². The van der Waals surface area contributed by atoms with Crippen LogP contribution < -0.4 is 4.74 Å². The van der Waals surface area contributed by atoms with E-state index >= 15 is 0 Å². The van der Waals surface area contributed by atoms with E-state index in [1.807, 2.05) is 46.8 Å². The van der Waals surface area contributed by atoms with Crippen LogP contribution >= 0.6 is 0 Å². The van der Waals surface area contributed by atoms with E-state index in [1.54, 1.807) is 6.07 Å². The van der Waals surface area contributed by atoms with Gasteiger partial charge in [-0.05, 0) is 93.7 Å². The predicted octanol–water partition coefficient (Wildman–Crippen LogP) is 6.42. The smallest absolute Gasteiger partial charge is 0.344 e. The van der Waals surface area contributed by atoms with Crippen LogP contribution in [0.4, 0.5) is 0 Å². The van der Waals surface area contributed by atoms with Crippen LogP contribution in [0, 0.1) is 13.8 Å². The summed E-state index contributed by atoms with van der Waals surface area (Å²) in [5.74, 6) is 1.50. The van der Waals surface area contributed by atoms with Crippen molar-refractivity contribution in [1.82, 2.24) is 0 Å². The van der Waals surface area contributed by atoms with Crippen molar-refractivity contribution in [1.29, 1.82) is 0 Å². The Balaban J connectivity index is 2.03. The SMILES string of the molecule is CCC(CC(C)c1ccc(OCC(=O)OC(C)(C)C)c(C)c1)c1ccc(O)c(C)c1. The predicted molar refractivity (Wildman–Crippen MR) is 121 cm³/mol. The number of carbonyl (C=O) groups excluding carboxylic acids is 1. The number of esters is 1. The minimum absolute atomic E-state index is 0.0921. The average Bonchev–Trinajstić information content (AvgIpc) is 2.65. The molecule has 0 amide bonds. The molecule has 0 radical (unpaired) electrons. The molecular formula is C26H36O4. The van der Waals surface area contributed by atoms with Crippen LogP contribution in [-0.4, -0.2) is 23.3 Å². The first-order chi connectivity index (χ1) is 14.0. The third-order valence-electron chi connectivity index (χ3n) is 5.36. The van der Waals surface area contributed by atoms with Gasteiger partial charge in [-0.3, -0.25) is 0 Å². The Kier molecular flexibility index (Phi) is 7.94. The van der Waals surface area contributed by atoms with Gasteiger partial charge in [0.15, 0.2) is 6.61 Å². The van der Waals surface area contributed by atoms with Gasteiger partial charge in [0.25, 0.3) is 0 Å². The van der Waals surface area contributed by atoms with Gasteiger partial charge in [-0.1, -0.05) is 38.1 Å². The molecule has 0 aliphatic carbocycles.